The lowest BCUT2D eigenvalue weighted by Crippen LogP contribution is -2.47. The molecule has 0 radical (unpaired) electrons. The Labute approximate surface area is 112 Å². The molecule has 104 valence electrons. The summed E-state index contributed by atoms with van der Waals surface area (Å²) < 4.78 is 5.28. The quantitative estimate of drug-likeness (QED) is 0.787. The van der Waals surface area contributed by atoms with E-state index in [1.165, 1.54) is 11.3 Å². The normalized spacial score (nSPS) is 23.9. The number of H-pyrrole nitrogens is 1. The lowest BCUT2D eigenvalue weighted by atomic mass is 9.94. The summed E-state index contributed by atoms with van der Waals surface area (Å²) in [6.07, 6.45) is 4.75. The van der Waals surface area contributed by atoms with E-state index in [9.17, 15) is 4.79 Å². The Hall–Kier alpha value is -1.40. The molecule has 1 saturated heterocycles. The maximum absolute atomic E-state index is 12.0. The minimum Gasteiger partial charge on any atom is -0.379 e. The van der Waals surface area contributed by atoms with Crippen molar-refractivity contribution < 1.29 is 9.53 Å². The number of hydrogen-bond acceptors (Lipinski definition) is 4. The number of morpholine rings is 1. The summed E-state index contributed by atoms with van der Waals surface area (Å²) in [6.45, 7) is 3.64. The van der Waals surface area contributed by atoms with Gasteiger partial charge in [-0.3, -0.25) is 14.8 Å². The van der Waals surface area contributed by atoms with E-state index in [-0.39, 0.29) is 11.9 Å². The Morgan fingerprint density at radius 1 is 1.53 bits per heavy atom. The molecule has 1 atom stereocenters. The monoisotopic (exact) mass is 264 g/mol. The molecule has 0 spiro atoms. The molecule has 2 N–H and O–H groups in total. The average Bonchev–Trinajstić information content (AvgIpc) is 2.87. The van der Waals surface area contributed by atoms with Gasteiger partial charge in [0, 0.05) is 31.2 Å². The Morgan fingerprint density at radius 2 is 2.37 bits per heavy atom. The fraction of sp³-hybridized carbons (Fsp3) is 0.692. The van der Waals surface area contributed by atoms with Crippen LogP contribution in [0.4, 0.5) is 0 Å². The average molecular weight is 264 g/mol. The number of amides is 1. The van der Waals surface area contributed by atoms with Gasteiger partial charge in [0.05, 0.1) is 26.0 Å². The molecule has 6 nitrogen and oxygen atoms in total. The fourth-order valence-electron chi connectivity index (χ4n) is 2.77. The fourth-order valence-corrected chi connectivity index (χ4v) is 2.77. The molecule has 1 aromatic heterocycles. The van der Waals surface area contributed by atoms with Gasteiger partial charge in [-0.05, 0) is 18.4 Å². The van der Waals surface area contributed by atoms with Gasteiger partial charge in [-0.15, -0.1) is 0 Å². The smallest absolute Gasteiger partial charge is 0.234 e. The standard InChI is InChI=1S/C13H20N4O2/c18-13(9-17-3-5-19-6-4-17)15-11-2-1-10-8-14-16-12(10)7-11/h8,11H,1-7,9H2,(H,14,16)(H,15,18)/t11-/m0/s1. The van der Waals surface area contributed by atoms with Crippen LogP contribution in [0.25, 0.3) is 0 Å². The first kappa shape index (κ1) is 12.6. The molecule has 1 aliphatic carbocycles. The third-order valence-corrected chi connectivity index (χ3v) is 3.86. The first-order chi connectivity index (χ1) is 9.31. The van der Waals surface area contributed by atoms with Crippen molar-refractivity contribution in [2.45, 2.75) is 25.3 Å². The van der Waals surface area contributed by atoms with Crippen LogP contribution in [0, 0.1) is 0 Å². The van der Waals surface area contributed by atoms with E-state index in [0.717, 1.165) is 45.6 Å². The zero-order valence-corrected chi connectivity index (χ0v) is 11.0. The van der Waals surface area contributed by atoms with E-state index in [2.05, 4.69) is 20.4 Å². The van der Waals surface area contributed by atoms with E-state index in [0.29, 0.717) is 6.54 Å². The van der Waals surface area contributed by atoms with Crippen LogP contribution in [0.1, 0.15) is 17.7 Å². The van der Waals surface area contributed by atoms with Gasteiger partial charge >= 0.3 is 0 Å². The van der Waals surface area contributed by atoms with Gasteiger partial charge in [0.15, 0.2) is 0 Å². The Morgan fingerprint density at radius 3 is 3.21 bits per heavy atom. The minimum atomic E-state index is 0.120. The zero-order chi connectivity index (χ0) is 13.1. The molecule has 1 fully saturated rings. The van der Waals surface area contributed by atoms with Crippen molar-refractivity contribution in [3.05, 3.63) is 17.5 Å². The molecule has 6 heteroatoms. The maximum atomic E-state index is 12.0. The van der Waals surface area contributed by atoms with Crippen LogP contribution in [0.3, 0.4) is 0 Å². The molecular formula is C13H20N4O2. The number of carbonyl (C=O) groups excluding carboxylic acids is 1. The van der Waals surface area contributed by atoms with Crippen LogP contribution in [0.5, 0.6) is 0 Å². The summed E-state index contributed by atoms with van der Waals surface area (Å²) in [5.41, 5.74) is 2.46. The van der Waals surface area contributed by atoms with Crippen LogP contribution in [0.2, 0.25) is 0 Å². The zero-order valence-electron chi connectivity index (χ0n) is 11.0. The highest BCUT2D eigenvalue weighted by molar-refractivity contribution is 5.78. The van der Waals surface area contributed by atoms with Gasteiger partial charge in [0.2, 0.25) is 5.91 Å². The second-order valence-electron chi connectivity index (χ2n) is 5.27. The number of nitrogens with one attached hydrogen (secondary N) is 2. The van der Waals surface area contributed by atoms with Gasteiger partial charge in [-0.25, -0.2) is 0 Å². The molecule has 1 aliphatic heterocycles. The lowest BCUT2D eigenvalue weighted by Gasteiger charge is -2.28. The molecule has 1 aromatic rings. The third-order valence-electron chi connectivity index (χ3n) is 3.86. The summed E-state index contributed by atoms with van der Waals surface area (Å²) in [6, 6.07) is 0.237. The van der Waals surface area contributed by atoms with Crippen molar-refractivity contribution in [3.8, 4) is 0 Å². The summed E-state index contributed by atoms with van der Waals surface area (Å²) in [7, 11) is 0. The molecule has 1 amide bonds. The summed E-state index contributed by atoms with van der Waals surface area (Å²) in [4.78, 5) is 14.2. The van der Waals surface area contributed by atoms with Crippen molar-refractivity contribution in [2.24, 2.45) is 0 Å². The molecule has 0 saturated carbocycles. The van der Waals surface area contributed by atoms with Gasteiger partial charge in [0.25, 0.3) is 0 Å². The molecule has 2 heterocycles. The Kier molecular flexibility index (Phi) is 3.79. The van der Waals surface area contributed by atoms with Crippen LogP contribution in [-0.2, 0) is 22.4 Å². The number of aromatic amines is 1. The molecule has 0 unspecified atom stereocenters. The predicted molar refractivity (Wildman–Crippen MR) is 69.8 cm³/mol. The lowest BCUT2D eigenvalue weighted by molar-refractivity contribution is -0.124. The number of aromatic nitrogens is 2. The Balaban J connectivity index is 1.47. The first-order valence-corrected chi connectivity index (χ1v) is 6.92. The van der Waals surface area contributed by atoms with Crippen LogP contribution < -0.4 is 5.32 Å². The highest BCUT2D eigenvalue weighted by Crippen LogP contribution is 2.18. The van der Waals surface area contributed by atoms with Crippen molar-refractivity contribution in [3.63, 3.8) is 0 Å². The van der Waals surface area contributed by atoms with Crippen molar-refractivity contribution in [1.29, 1.82) is 0 Å². The number of aryl methyl sites for hydroxylation is 1. The van der Waals surface area contributed by atoms with E-state index in [1.54, 1.807) is 0 Å². The van der Waals surface area contributed by atoms with Gasteiger partial charge in [-0.1, -0.05) is 0 Å². The molecule has 2 aliphatic rings. The third kappa shape index (κ3) is 3.13. The predicted octanol–water partition coefficient (Wildman–Crippen LogP) is -0.285. The van der Waals surface area contributed by atoms with Crippen molar-refractivity contribution in [1.82, 2.24) is 20.4 Å². The van der Waals surface area contributed by atoms with Crippen LogP contribution >= 0.6 is 0 Å². The van der Waals surface area contributed by atoms with E-state index in [4.69, 9.17) is 4.74 Å². The SMILES string of the molecule is O=C(CN1CCOCC1)N[C@H]1CCc2cn[nH]c2C1. The van der Waals surface area contributed by atoms with Crippen LogP contribution in [-0.4, -0.2) is 59.9 Å². The van der Waals surface area contributed by atoms with Crippen molar-refractivity contribution >= 4 is 5.91 Å². The molecule has 0 bridgehead atoms. The van der Waals surface area contributed by atoms with Gasteiger partial charge in [-0.2, -0.15) is 5.10 Å². The number of nitrogens with zero attached hydrogens (tertiary/aromatic N) is 2. The van der Waals surface area contributed by atoms with E-state index < -0.39 is 0 Å². The van der Waals surface area contributed by atoms with E-state index >= 15 is 0 Å². The highest BCUT2D eigenvalue weighted by Gasteiger charge is 2.22. The van der Waals surface area contributed by atoms with Crippen LogP contribution in [0.15, 0.2) is 6.20 Å². The number of fused-ring (bicyclic) bond motifs is 1. The number of rotatable bonds is 3. The minimum absolute atomic E-state index is 0.120. The van der Waals surface area contributed by atoms with Crippen molar-refractivity contribution in [2.75, 3.05) is 32.8 Å². The van der Waals surface area contributed by atoms with Gasteiger partial charge < -0.3 is 10.1 Å². The van der Waals surface area contributed by atoms with Gasteiger partial charge in [0.1, 0.15) is 0 Å². The summed E-state index contributed by atoms with van der Waals surface area (Å²) in [5, 5.41) is 10.2. The Bertz CT molecular complexity index is 440. The summed E-state index contributed by atoms with van der Waals surface area (Å²) in [5.74, 6) is 0.120. The second-order valence-corrected chi connectivity index (χ2v) is 5.27. The number of carbonyl (C=O) groups is 1. The molecule has 3 rings (SSSR count). The molecule has 0 aromatic carbocycles. The molecule has 19 heavy (non-hydrogen) atoms. The van der Waals surface area contributed by atoms with E-state index in [1.807, 2.05) is 6.20 Å². The number of hydrogen-bond donors (Lipinski definition) is 2. The largest absolute Gasteiger partial charge is 0.379 e. The molecular weight excluding hydrogens is 244 g/mol. The topological polar surface area (TPSA) is 70.2 Å². The summed E-state index contributed by atoms with van der Waals surface area (Å²) >= 11 is 0. The first-order valence-electron chi connectivity index (χ1n) is 6.92. The maximum Gasteiger partial charge on any atom is 0.234 e. The number of ether oxygens (including phenoxy) is 1. The second kappa shape index (κ2) is 5.71. The highest BCUT2D eigenvalue weighted by atomic mass is 16.5.